The first kappa shape index (κ1) is 10.3. The Kier molecular flexibility index (Phi) is 3.11. The molecule has 1 heterocycles. The van der Waals surface area contributed by atoms with Crippen LogP contribution in [0.25, 0.3) is 0 Å². The van der Waals surface area contributed by atoms with Crippen molar-refractivity contribution in [3.8, 4) is 11.5 Å². The van der Waals surface area contributed by atoms with Crippen molar-refractivity contribution in [3.63, 3.8) is 0 Å². The number of rotatable bonds is 2. The molecule has 0 aromatic heterocycles. The Morgan fingerprint density at radius 3 is 2.67 bits per heavy atom. The van der Waals surface area contributed by atoms with Crippen molar-refractivity contribution in [1.29, 1.82) is 0 Å². The highest BCUT2D eigenvalue weighted by Gasteiger charge is 2.16. The maximum absolute atomic E-state index is 9.67. The summed E-state index contributed by atoms with van der Waals surface area (Å²) in [4.78, 5) is 0. The van der Waals surface area contributed by atoms with Gasteiger partial charge in [-0.1, -0.05) is 6.07 Å². The number of methoxy groups -OCH3 is 1. The molecule has 0 spiro atoms. The molecule has 1 fully saturated rings. The second-order valence-corrected chi connectivity index (χ2v) is 3.82. The maximum Gasteiger partial charge on any atom is 0.160 e. The van der Waals surface area contributed by atoms with Gasteiger partial charge < -0.3 is 14.6 Å². The van der Waals surface area contributed by atoms with Crippen LogP contribution in [0.1, 0.15) is 24.3 Å². The lowest BCUT2D eigenvalue weighted by Gasteiger charge is -2.22. The van der Waals surface area contributed by atoms with Gasteiger partial charge >= 0.3 is 0 Å². The zero-order valence-electron chi connectivity index (χ0n) is 8.90. The summed E-state index contributed by atoms with van der Waals surface area (Å²) < 4.78 is 10.3. The fourth-order valence-corrected chi connectivity index (χ4v) is 1.99. The fraction of sp³-hybridized carbons (Fsp3) is 0.500. The van der Waals surface area contributed by atoms with E-state index in [-0.39, 0.29) is 5.75 Å². The molecule has 0 bridgehead atoms. The molecule has 3 nitrogen and oxygen atoms in total. The van der Waals surface area contributed by atoms with E-state index in [1.807, 2.05) is 12.1 Å². The number of ether oxygens (including phenoxy) is 2. The van der Waals surface area contributed by atoms with Crippen LogP contribution in [0.3, 0.4) is 0 Å². The smallest absolute Gasteiger partial charge is 0.160 e. The molecule has 1 aromatic rings. The van der Waals surface area contributed by atoms with Gasteiger partial charge in [0.25, 0.3) is 0 Å². The number of phenolic OH excluding ortho intramolecular Hbond substituents is 1. The highest BCUT2D eigenvalue weighted by Crippen LogP contribution is 2.33. The Bertz CT molecular complexity index is 330. The first-order chi connectivity index (χ1) is 7.31. The van der Waals surface area contributed by atoms with Crippen LogP contribution in [0.5, 0.6) is 11.5 Å². The van der Waals surface area contributed by atoms with Crippen molar-refractivity contribution in [3.05, 3.63) is 23.8 Å². The lowest BCUT2D eigenvalue weighted by Crippen LogP contribution is -2.13. The lowest BCUT2D eigenvalue weighted by molar-refractivity contribution is 0.0853. The number of benzene rings is 1. The summed E-state index contributed by atoms with van der Waals surface area (Å²) in [5.74, 6) is 1.27. The van der Waals surface area contributed by atoms with Crippen LogP contribution < -0.4 is 4.74 Å². The quantitative estimate of drug-likeness (QED) is 0.810. The van der Waals surface area contributed by atoms with E-state index in [1.165, 1.54) is 5.56 Å². The number of hydrogen-bond acceptors (Lipinski definition) is 3. The molecule has 1 aromatic carbocycles. The van der Waals surface area contributed by atoms with E-state index in [1.54, 1.807) is 13.2 Å². The molecule has 1 saturated heterocycles. The van der Waals surface area contributed by atoms with Gasteiger partial charge in [0.05, 0.1) is 7.11 Å². The maximum atomic E-state index is 9.67. The van der Waals surface area contributed by atoms with Crippen molar-refractivity contribution in [2.45, 2.75) is 18.8 Å². The molecule has 0 unspecified atom stereocenters. The normalized spacial score (nSPS) is 17.7. The minimum Gasteiger partial charge on any atom is -0.504 e. The summed E-state index contributed by atoms with van der Waals surface area (Å²) in [7, 11) is 1.56. The third kappa shape index (κ3) is 2.23. The van der Waals surface area contributed by atoms with E-state index < -0.39 is 0 Å². The summed E-state index contributed by atoms with van der Waals surface area (Å²) in [6.45, 7) is 1.63. The van der Waals surface area contributed by atoms with Gasteiger partial charge in [-0.15, -0.1) is 0 Å². The summed E-state index contributed by atoms with van der Waals surface area (Å²) >= 11 is 0. The standard InChI is InChI=1S/C12H16O3/c1-14-12-3-2-10(8-11(12)13)9-4-6-15-7-5-9/h2-3,8-9,13H,4-7H2,1H3. The molecule has 1 aliphatic heterocycles. The van der Waals surface area contributed by atoms with Crippen LogP contribution in [0.2, 0.25) is 0 Å². The Hall–Kier alpha value is -1.22. The van der Waals surface area contributed by atoms with Crippen LogP contribution in [0.15, 0.2) is 18.2 Å². The third-order valence-corrected chi connectivity index (χ3v) is 2.90. The molecular weight excluding hydrogens is 192 g/mol. The first-order valence-corrected chi connectivity index (χ1v) is 5.26. The minimum atomic E-state index is 0.224. The van der Waals surface area contributed by atoms with Gasteiger partial charge in [0.1, 0.15) is 0 Å². The second kappa shape index (κ2) is 4.53. The fourth-order valence-electron chi connectivity index (χ4n) is 1.99. The largest absolute Gasteiger partial charge is 0.504 e. The van der Waals surface area contributed by atoms with E-state index in [9.17, 15) is 5.11 Å². The van der Waals surface area contributed by atoms with E-state index in [0.29, 0.717) is 11.7 Å². The molecule has 3 heteroatoms. The lowest BCUT2D eigenvalue weighted by atomic mass is 9.91. The highest BCUT2D eigenvalue weighted by atomic mass is 16.5. The van der Waals surface area contributed by atoms with Crippen LogP contribution in [-0.4, -0.2) is 25.4 Å². The molecule has 0 atom stereocenters. The van der Waals surface area contributed by atoms with Crippen LogP contribution in [0, 0.1) is 0 Å². The molecule has 0 saturated carbocycles. The Balaban J connectivity index is 2.17. The van der Waals surface area contributed by atoms with E-state index in [0.717, 1.165) is 26.1 Å². The molecule has 1 aliphatic rings. The molecule has 1 N–H and O–H groups in total. The number of hydrogen-bond donors (Lipinski definition) is 1. The van der Waals surface area contributed by atoms with Gasteiger partial charge in [0, 0.05) is 13.2 Å². The molecule has 2 rings (SSSR count). The molecule has 15 heavy (non-hydrogen) atoms. The second-order valence-electron chi connectivity index (χ2n) is 3.82. The zero-order chi connectivity index (χ0) is 10.7. The SMILES string of the molecule is COc1ccc(C2CCOCC2)cc1O. The average Bonchev–Trinajstić information content (AvgIpc) is 2.30. The van der Waals surface area contributed by atoms with Crippen molar-refractivity contribution < 1.29 is 14.6 Å². The van der Waals surface area contributed by atoms with Gasteiger partial charge in [-0.05, 0) is 36.5 Å². The van der Waals surface area contributed by atoms with Crippen LogP contribution in [0.4, 0.5) is 0 Å². The molecule has 0 amide bonds. The minimum absolute atomic E-state index is 0.224. The monoisotopic (exact) mass is 208 g/mol. The van der Waals surface area contributed by atoms with Crippen molar-refractivity contribution in [1.82, 2.24) is 0 Å². The van der Waals surface area contributed by atoms with Crippen molar-refractivity contribution in [2.24, 2.45) is 0 Å². The summed E-state index contributed by atoms with van der Waals surface area (Å²) in [5.41, 5.74) is 1.18. The number of aromatic hydroxyl groups is 1. The van der Waals surface area contributed by atoms with Gasteiger partial charge in [-0.25, -0.2) is 0 Å². The summed E-state index contributed by atoms with van der Waals surface area (Å²) in [5, 5.41) is 9.67. The molecule has 0 aliphatic carbocycles. The van der Waals surface area contributed by atoms with Crippen LogP contribution in [-0.2, 0) is 4.74 Å². The summed E-state index contributed by atoms with van der Waals surface area (Å²) in [6.07, 6.45) is 2.07. The van der Waals surface area contributed by atoms with Crippen LogP contribution >= 0.6 is 0 Å². The van der Waals surface area contributed by atoms with E-state index >= 15 is 0 Å². The predicted molar refractivity (Wildman–Crippen MR) is 57.5 cm³/mol. The van der Waals surface area contributed by atoms with Gasteiger partial charge in [0.2, 0.25) is 0 Å². The Morgan fingerprint density at radius 2 is 2.07 bits per heavy atom. The predicted octanol–water partition coefficient (Wildman–Crippen LogP) is 2.29. The van der Waals surface area contributed by atoms with E-state index in [4.69, 9.17) is 9.47 Å². The van der Waals surface area contributed by atoms with Gasteiger partial charge in [-0.2, -0.15) is 0 Å². The molecule has 0 radical (unpaired) electrons. The van der Waals surface area contributed by atoms with Gasteiger partial charge in [-0.3, -0.25) is 0 Å². The third-order valence-electron chi connectivity index (χ3n) is 2.90. The van der Waals surface area contributed by atoms with Crippen molar-refractivity contribution in [2.75, 3.05) is 20.3 Å². The van der Waals surface area contributed by atoms with E-state index in [2.05, 4.69) is 0 Å². The number of phenols is 1. The topological polar surface area (TPSA) is 38.7 Å². The Morgan fingerprint density at radius 1 is 1.33 bits per heavy atom. The summed E-state index contributed by atoms with van der Waals surface area (Å²) in [6, 6.07) is 5.64. The highest BCUT2D eigenvalue weighted by molar-refractivity contribution is 5.42. The zero-order valence-corrected chi connectivity index (χ0v) is 8.90. The Labute approximate surface area is 89.6 Å². The van der Waals surface area contributed by atoms with Crippen molar-refractivity contribution >= 4 is 0 Å². The average molecular weight is 208 g/mol. The van der Waals surface area contributed by atoms with Gasteiger partial charge in [0.15, 0.2) is 11.5 Å². The molecule has 82 valence electrons. The molecular formula is C12H16O3. The first-order valence-electron chi connectivity index (χ1n) is 5.26.